The first-order chi connectivity index (χ1) is 12.7. The summed E-state index contributed by atoms with van der Waals surface area (Å²) in [5.41, 5.74) is 3.87. The van der Waals surface area contributed by atoms with E-state index in [1.54, 1.807) is 24.3 Å². The second kappa shape index (κ2) is 6.68. The Morgan fingerprint density at radius 1 is 1.00 bits per heavy atom. The topological polar surface area (TPSA) is 76.6 Å². The molecule has 0 aliphatic rings. The molecule has 4 rings (SSSR count). The van der Waals surface area contributed by atoms with Gasteiger partial charge in [0.05, 0.1) is 23.5 Å². The highest BCUT2D eigenvalue weighted by molar-refractivity contribution is 5.95. The fourth-order valence-corrected chi connectivity index (χ4v) is 2.96. The quantitative estimate of drug-likeness (QED) is 0.351. The zero-order valence-electron chi connectivity index (χ0n) is 13.8. The maximum atomic E-state index is 12.7. The Kier molecular flexibility index (Phi) is 4.07. The normalized spacial score (nSPS) is 11.4. The van der Waals surface area contributed by atoms with E-state index in [0.717, 1.165) is 0 Å². The van der Waals surface area contributed by atoms with Crippen LogP contribution in [0.15, 0.2) is 81.2 Å². The zero-order chi connectivity index (χ0) is 17.9. The number of aromatic nitrogens is 1. The van der Waals surface area contributed by atoms with Gasteiger partial charge in [0.1, 0.15) is 12.3 Å². The summed E-state index contributed by atoms with van der Waals surface area (Å²) in [6, 6.07) is 18.0. The number of nitrogens with one attached hydrogen (secondary N) is 1. The first kappa shape index (κ1) is 15.8. The van der Waals surface area contributed by atoms with E-state index in [1.807, 2.05) is 41.0 Å². The fourth-order valence-electron chi connectivity index (χ4n) is 2.96. The Morgan fingerprint density at radius 3 is 2.27 bits per heavy atom. The van der Waals surface area contributed by atoms with Crippen LogP contribution in [0.25, 0.3) is 21.8 Å². The van der Waals surface area contributed by atoms with E-state index in [1.165, 1.54) is 12.5 Å². The van der Waals surface area contributed by atoms with Crippen molar-refractivity contribution in [3.63, 3.8) is 0 Å². The first-order valence-corrected chi connectivity index (χ1v) is 8.10. The van der Waals surface area contributed by atoms with Gasteiger partial charge in [-0.1, -0.05) is 24.3 Å². The van der Waals surface area contributed by atoms with Gasteiger partial charge in [-0.15, -0.1) is 0 Å². The number of amides is 1. The van der Waals surface area contributed by atoms with Gasteiger partial charge in [0.15, 0.2) is 5.43 Å². The molecule has 0 fully saturated rings. The Hall–Kier alpha value is -3.67. The second-order valence-corrected chi connectivity index (χ2v) is 5.76. The summed E-state index contributed by atoms with van der Waals surface area (Å²) >= 11 is 0. The lowest BCUT2D eigenvalue weighted by molar-refractivity contribution is -0.121. The summed E-state index contributed by atoms with van der Waals surface area (Å²) in [5, 5.41) is 5.06. The molecule has 1 N–H and O–H groups in total. The predicted octanol–water partition coefficient (Wildman–Crippen LogP) is 2.90. The predicted molar refractivity (Wildman–Crippen MR) is 100 cm³/mol. The molecule has 0 atom stereocenters. The molecule has 26 heavy (non-hydrogen) atoms. The van der Waals surface area contributed by atoms with Gasteiger partial charge >= 0.3 is 0 Å². The Morgan fingerprint density at radius 2 is 1.65 bits per heavy atom. The van der Waals surface area contributed by atoms with Gasteiger partial charge in [-0.3, -0.25) is 9.59 Å². The summed E-state index contributed by atoms with van der Waals surface area (Å²) < 4.78 is 6.94. The van der Waals surface area contributed by atoms with Crippen LogP contribution in [-0.2, 0) is 11.3 Å². The summed E-state index contributed by atoms with van der Waals surface area (Å²) in [4.78, 5) is 25.0. The van der Waals surface area contributed by atoms with E-state index in [9.17, 15) is 9.59 Å². The van der Waals surface area contributed by atoms with Crippen LogP contribution in [0.1, 0.15) is 5.76 Å². The molecular weight excluding hydrogens is 330 g/mol. The number of pyridine rings is 1. The molecule has 6 nitrogen and oxygen atoms in total. The number of fused-ring (bicyclic) bond motifs is 2. The Labute approximate surface area is 148 Å². The van der Waals surface area contributed by atoms with Crippen LogP contribution < -0.4 is 10.9 Å². The van der Waals surface area contributed by atoms with Crippen molar-refractivity contribution >= 4 is 33.9 Å². The average molecular weight is 345 g/mol. The SMILES string of the molecule is O=C(Cn1c2ccccc2c(=O)c2ccccc21)N/N=C/c1ccco1. The minimum absolute atomic E-state index is 0.0382. The van der Waals surface area contributed by atoms with E-state index in [2.05, 4.69) is 10.5 Å². The third-order valence-corrected chi connectivity index (χ3v) is 4.10. The van der Waals surface area contributed by atoms with Crippen LogP contribution in [0.2, 0.25) is 0 Å². The fraction of sp³-hybridized carbons (Fsp3) is 0.0500. The lowest BCUT2D eigenvalue weighted by Crippen LogP contribution is -2.25. The van der Waals surface area contributed by atoms with Gasteiger partial charge in [0.2, 0.25) is 0 Å². The molecule has 2 heterocycles. The summed E-state index contributed by atoms with van der Waals surface area (Å²) in [6.07, 6.45) is 2.96. The highest BCUT2D eigenvalue weighted by atomic mass is 16.3. The number of carbonyl (C=O) groups excluding carboxylic acids is 1. The molecule has 0 unspecified atom stereocenters. The van der Waals surface area contributed by atoms with Crippen molar-refractivity contribution < 1.29 is 9.21 Å². The van der Waals surface area contributed by atoms with Crippen LogP contribution in [0.3, 0.4) is 0 Å². The van der Waals surface area contributed by atoms with Crippen molar-refractivity contribution in [2.24, 2.45) is 5.10 Å². The molecule has 0 bridgehead atoms. The molecular formula is C20H15N3O3. The molecule has 128 valence electrons. The van der Waals surface area contributed by atoms with Crippen molar-refractivity contribution in [2.75, 3.05) is 0 Å². The van der Waals surface area contributed by atoms with Gasteiger partial charge in [0.25, 0.3) is 5.91 Å². The van der Waals surface area contributed by atoms with Gasteiger partial charge < -0.3 is 8.98 Å². The number of hydrazone groups is 1. The van der Waals surface area contributed by atoms with Crippen molar-refractivity contribution in [2.45, 2.75) is 6.54 Å². The molecule has 1 amide bonds. The molecule has 4 aromatic rings. The molecule has 0 radical (unpaired) electrons. The van der Waals surface area contributed by atoms with E-state index in [-0.39, 0.29) is 17.9 Å². The summed E-state index contributed by atoms with van der Waals surface area (Å²) in [5.74, 6) is 0.247. The van der Waals surface area contributed by atoms with Crippen molar-refractivity contribution in [1.29, 1.82) is 0 Å². The van der Waals surface area contributed by atoms with Gasteiger partial charge in [-0.25, -0.2) is 5.43 Å². The van der Waals surface area contributed by atoms with Gasteiger partial charge in [-0.2, -0.15) is 5.10 Å². The minimum atomic E-state index is -0.299. The molecule has 0 saturated heterocycles. The maximum Gasteiger partial charge on any atom is 0.260 e. The molecule has 6 heteroatoms. The number of carbonyl (C=O) groups is 1. The zero-order valence-corrected chi connectivity index (χ0v) is 13.8. The van der Waals surface area contributed by atoms with Crippen molar-refractivity contribution in [3.05, 3.63) is 82.9 Å². The number of nitrogens with zero attached hydrogens (tertiary/aromatic N) is 2. The van der Waals surface area contributed by atoms with E-state index in [0.29, 0.717) is 27.6 Å². The van der Waals surface area contributed by atoms with Crippen LogP contribution in [0.5, 0.6) is 0 Å². The molecule has 0 saturated carbocycles. The van der Waals surface area contributed by atoms with E-state index in [4.69, 9.17) is 4.42 Å². The minimum Gasteiger partial charge on any atom is -0.463 e. The summed E-state index contributed by atoms with van der Waals surface area (Å²) in [7, 11) is 0. The highest BCUT2D eigenvalue weighted by Crippen LogP contribution is 2.18. The third-order valence-electron chi connectivity index (χ3n) is 4.10. The smallest absolute Gasteiger partial charge is 0.260 e. The Balaban J connectivity index is 1.71. The number of para-hydroxylation sites is 2. The number of hydrogen-bond donors (Lipinski definition) is 1. The monoisotopic (exact) mass is 345 g/mol. The highest BCUT2D eigenvalue weighted by Gasteiger charge is 2.12. The van der Waals surface area contributed by atoms with Gasteiger partial charge in [-0.05, 0) is 36.4 Å². The molecule has 0 aliphatic carbocycles. The Bertz CT molecular complexity index is 1110. The lowest BCUT2D eigenvalue weighted by Gasteiger charge is -2.14. The van der Waals surface area contributed by atoms with Crippen LogP contribution >= 0.6 is 0 Å². The average Bonchev–Trinajstić information content (AvgIpc) is 3.19. The maximum absolute atomic E-state index is 12.7. The number of benzene rings is 2. The molecule has 2 aromatic carbocycles. The first-order valence-electron chi connectivity index (χ1n) is 8.10. The number of hydrogen-bond acceptors (Lipinski definition) is 4. The lowest BCUT2D eigenvalue weighted by atomic mass is 10.1. The number of furan rings is 1. The molecule has 0 spiro atoms. The van der Waals surface area contributed by atoms with E-state index >= 15 is 0 Å². The largest absolute Gasteiger partial charge is 0.463 e. The van der Waals surface area contributed by atoms with Crippen molar-refractivity contribution in [3.8, 4) is 0 Å². The summed E-state index contributed by atoms with van der Waals surface area (Å²) in [6.45, 7) is 0.0385. The number of rotatable bonds is 4. The van der Waals surface area contributed by atoms with Crippen molar-refractivity contribution in [1.82, 2.24) is 9.99 Å². The standard InChI is InChI=1S/C20H15N3O3/c24-19(22-21-12-14-6-5-11-26-14)13-23-17-9-3-1-7-15(17)20(25)16-8-2-4-10-18(16)23/h1-12H,13H2,(H,22,24)/b21-12+. The molecule has 0 aliphatic heterocycles. The van der Waals surface area contributed by atoms with Crippen LogP contribution in [-0.4, -0.2) is 16.7 Å². The van der Waals surface area contributed by atoms with Gasteiger partial charge in [0, 0.05) is 10.8 Å². The van der Waals surface area contributed by atoms with E-state index < -0.39 is 0 Å². The molecule has 2 aromatic heterocycles. The van der Waals surface area contributed by atoms with Crippen LogP contribution in [0.4, 0.5) is 0 Å². The van der Waals surface area contributed by atoms with Crippen LogP contribution in [0, 0.1) is 0 Å². The third kappa shape index (κ3) is 2.88. The second-order valence-electron chi connectivity index (χ2n) is 5.76.